The summed E-state index contributed by atoms with van der Waals surface area (Å²) in [5, 5.41) is 0. The number of aryl methyl sites for hydroxylation is 1. The van der Waals surface area contributed by atoms with Crippen molar-refractivity contribution in [1.82, 2.24) is 18.7 Å². The molecule has 0 saturated heterocycles. The standard InChI is InChI=1S/C25H26FN5O4/c1-15-12-29(19-10-9-17(34-3)11-20(19)35-4)24-27-22-21(30(24)13-15)23(32)31(25(33)28(22)2)14-16-7-5-6-8-18(16)26/h5-11,15H,12-14H2,1-4H3/t15-/m1/s1. The van der Waals surface area contributed by atoms with Crippen molar-refractivity contribution < 1.29 is 13.9 Å². The molecule has 182 valence electrons. The fraction of sp³-hybridized carbons (Fsp3) is 0.320. The summed E-state index contributed by atoms with van der Waals surface area (Å²) >= 11 is 0. The van der Waals surface area contributed by atoms with Gasteiger partial charge in [-0.05, 0) is 24.1 Å². The predicted molar refractivity (Wildman–Crippen MR) is 130 cm³/mol. The summed E-state index contributed by atoms with van der Waals surface area (Å²) in [6, 6.07) is 11.6. The highest BCUT2D eigenvalue weighted by Gasteiger charge is 2.31. The zero-order valence-corrected chi connectivity index (χ0v) is 20.0. The van der Waals surface area contributed by atoms with Gasteiger partial charge in [0.25, 0.3) is 5.56 Å². The SMILES string of the molecule is COc1ccc(N2C[C@@H](C)Cn3c2nc2c3c(=O)n(Cc3ccccc3F)c(=O)n2C)c(OC)c1. The highest BCUT2D eigenvalue weighted by molar-refractivity contribution is 5.78. The number of imidazole rings is 1. The number of ether oxygens (including phenoxy) is 2. The minimum atomic E-state index is -0.553. The van der Waals surface area contributed by atoms with E-state index < -0.39 is 17.1 Å². The van der Waals surface area contributed by atoms with Gasteiger partial charge in [0.1, 0.15) is 17.3 Å². The number of halogens is 1. The molecule has 3 heterocycles. The normalized spacial score (nSPS) is 15.3. The van der Waals surface area contributed by atoms with E-state index >= 15 is 0 Å². The third-order valence-corrected chi connectivity index (χ3v) is 6.41. The topological polar surface area (TPSA) is 83.5 Å². The Morgan fingerprint density at radius 3 is 2.57 bits per heavy atom. The highest BCUT2D eigenvalue weighted by atomic mass is 19.1. The number of hydrogen-bond donors (Lipinski definition) is 0. The van der Waals surface area contributed by atoms with Crippen LogP contribution in [0.5, 0.6) is 11.5 Å². The molecule has 0 unspecified atom stereocenters. The predicted octanol–water partition coefficient (Wildman–Crippen LogP) is 2.89. The van der Waals surface area contributed by atoms with Crippen molar-refractivity contribution >= 4 is 22.8 Å². The minimum absolute atomic E-state index is 0.166. The van der Waals surface area contributed by atoms with Crippen molar-refractivity contribution in [3.8, 4) is 11.5 Å². The van der Waals surface area contributed by atoms with Gasteiger partial charge in [-0.15, -0.1) is 0 Å². The molecule has 2 aromatic heterocycles. The summed E-state index contributed by atoms with van der Waals surface area (Å²) < 4.78 is 29.5. The quantitative estimate of drug-likeness (QED) is 0.438. The lowest BCUT2D eigenvalue weighted by Gasteiger charge is -2.33. The largest absolute Gasteiger partial charge is 0.497 e. The van der Waals surface area contributed by atoms with Gasteiger partial charge in [-0.1, -0.05) is 25.1 Å². The lowest BCUT2D eigenvalue weighted by molar-refractivity contribution is 0.392. The van der Waals surface area contributed by atoms with E-state index in [2.05, 4.69) is 6.92 Å². The number of aromatic nitrogens is 4. The van der Waals surface area contributed by atoms with Gasteiger partial charge in [0.2, 0.25) is 5.95 Å². The van der Waals surface area contributed by atoms with Crippen molar-refractivity contribution in [2.45, 2.75) is 20.0 Å². The van der Waals surface area contributed by atoms with Crippen LogP contribution >= 0.6 is 0 Å². The van der Waals surface area contributed by atoms with Crippen LogP contribution in [0.2, 0.25) is 0 Å². The Kier molecular flexibility index (Phi) is 5.58. The van der Waals surface area contributed by atoms with E-state index in [9.17, 15) is 14.0 Å². The third kappa shape index (κ3) is 3.65. The number of rotatable bonds is 5. The summed E-state index contributed by atoms with van der Waals surface area (Å²) in [5.41, 5.74) is 0.577. The van der Waals surface area contributed by atoms with Crippen LogP contribution in [-0.2, 0) is 20.1 Å². The average molecular weight is 480 g/mol. The molecule has 0 aliphatic carbocycles. The van der Waals surface area contributed by atoms with Crippen molar-refractivity contribution in [3.05, 3.63) is 74.7 Å². The number of anilines is 2. The van der Waals surface area contributed by atoms with Crippen LogP contribution in [0.3, 0.4) is 0 Å². The smallest absolute Gasteiger partial charge is 0.332 e. The fourth-order valence-electron chi connectivity index (χ4n) is 4.65. The van der Waals surface area contributed by atoms with E-state index in [-0.39, 0.29) is 23.7 Å². The highest BCUT2D eigenvalue weighted by Crippen LogP contribution is 2.39. The molecule has 0 amide bonds. The molecule has 4 aromatic rings. The van der Waals surface area contributed by atoms with Crippen molar-refractivity contribution in [1.29, 1.82) is 0 Å². The molecular weight excluding hydrogens is 453 g/mol. The second kappa shape index (κ2) is 8.61. The van der Waals surface area contributed by atoms with E-state index in [0.29, 0.717) is 36.1 Å². The van der Waals surface area contributed by atoms with Crippen molar-refractivity contribution in [2.75, 3.05) is 25.7 Å². The minimum Gasteiger partial charge on any atom is -0.497 e. The molecule has 0 saturated carbocycles. The van der Waals surface area contributed by atoms with Crippen molar-refractivity contribution in [2.24, 2.45) is 13.0 Å². The number of benzene rings is 2. The first-order valence-electron chi connectivity index (χ1n) is 11.3. The summed E-state index contributed by atoms with van der Waals surface area (Å²) in [6.07, 6.45) is 0. The van der Waals surface area contributed by atoms with Crippen LogP contribution in [0.4, 0.5) is 16.0 Å². The maximum absolute atomic E-state index is 14.3. The molecule has 9 nitrogen and oxygen atoms in total. The summed E-state index contributed by atoms with van der Waals surface area (Å²) in [7, 11) is 4.74. The van der Waals surface area contributed by atoms with E-state index in [1.807, 2.05) is 21.6 Å². The van der Waals surface area contributed by atoms with Crippen LogP contribution in [0.25, 0.3) is 11.2 Å². The summed E-state index contributed by atoms with van der Waals surface area (Å²) in [4.78, 5) is 33.5. The van der Waals surface area contributed by atoms with E-state index in [1.54, 1.807) is 45.5 Å². The van der Waals surface area contributed by atoms with Gasteiger partial charge in [-0.3, -0.25) is 13.9 Å². The monoisotopic (exact) mass is 479 g/mol. The van der Waals surface area contributed by atoms with Gasteiger partial charge >= 0.3 is 5.69 Å². The van der Waals surface area contributed by atoms with E-state index in [0.717, 1.165) is 10.3 Å². The molecule has 0 N–H and O–H groups in total. The molecular formula is C25H26FN5O4. The first-order valence-corrected chi connectivity index (χ1v) is 11.3. The molecule has 0 radical (unpaired) electrons. The van der Waals surface area contributed by atoms with Gasteiger partial charge < -0.3 is 18.9 Å². The Labute approximate surface area is 200 Å². The number of methoxy groups -OCH3 is 2. The lowest BCUT2D eigenvalue weighted by atomic mass is 10.1. The van der Waals surface area contributed by atoms with Gasteiger partial charge in [0, 0.05) is 31.8 Å². The van der Waals surface area contributed by atoms with Crippen LogP contribution in [0, 0.1) is 11.7 Å². The Morgan fingerprint density at radius 1 is 1.09 bits per heavy atom. The Bertz CT molecular complexity index is 1550. The Morgan fingerprint density at radius 2 is 1.86 bits per heavy atom. The first kappa shape index (κ1) is 22.7. The third-order valence-electron chi connectivity index (χ3n) is 6.41. The maximum Gasteiger partial charge on any atom is 0.332 e. The zero-order valence-electron chi connectivity index (χ0n) is 20.0. The van der Waals surface area contributed by atoms with Gasteiger partial charge in [0.05, 0.1) is 26.5 Å². The second-order valence-corrected chi connectivity index (χ2v) is 8.77. The first-order chi connectivity index (χ1) is 16.8. The van der Waals surface area contributed by atoms with E-state index in [4.69, 9.17) is 14.5 Å². The van der Waals surface area contributed by atoms with Crippen LogP contribution in [-0.4, -0.2) is 39.4 Å². The molecule has 0 bridgehead atoms. The molecule has 2 aromatic carbocycles. The van der Waals surface area contributed by atoms with E-state index in [1.165, 1.54) is 10.6 Å². The van der Waals surface area contributed by atoms with Crippen LogP contribution < -0.4 is 25.6 Å². The lowest BCUT2D eigenvalue weighted by Crippen LogP contribution is -2.40. The molecule has 35 heavy (non-hydrogen) atoms. The second-order valence-electron chi connectivity index (χ2n) is 8.77. The fourth-order valence-corrected chi connectivity index (χ4v) is 4.65. The molecule has 1 aliphatic rings. The molecule has 0 fully saturated rings. The van der Waals surface area contributed by atoms with Crippen LogP contribution in [0.1, 0.15) is 12.5 Å². The number of nitrogens with zero attached hydrogens (tertiary/aromatic N) is 5. The van der Waals surface area contributed by atoms with Gasteiger partial charge in [-0.2, -0.15) is 4.98 Å². The molecule has 10 heteroatoms. The average Bonchev–Trinajstić information content (AvgIpc) is 3.25. The summed E-state index contributed by atoms with van der Waals surface area (Å²) in [6.45, 7) is 3.11. The molecule has 5 rings (SSSR count). The molecule has 1 aliphatic heterocycles. The zero-order chi connectivity index (χ0) is 24.9. The summed E-state index contributed by atoms with van der Waals surface area (Å²) in [5.74, 6) is 1.49. The Balaban J connectivity index is 1.72. The number of hydrogen-bond acceptors (Lipinski definition) is 6. The van der Waals surface area contributed by atoms with Crippen molar-refractivity contribution in [3.63, 3.8) is 0 Å². The number of fused-ring (bicyclic) bond motifs is 3. The molecule has 1 atom stereocenters. The van der Waals surface area contributed by atoms with Gasteiger partial charge in [-0.25, -0.2) is 9.18 Å². The van der Waals surface area contributed by atoms with Gasteiger partial charge in [0.15, 0.2) is 11.2 Å². The van der Waals surface area contributed by atoms with Crippen LogP contribution in [0.15, 0.2) is 52.1 Å². The maximum atomic E-state index is 14.3. The molecule has 0 spiro atoms. The Hall–Kier alpha value is -4.08.